The Balaban J connectivity index is 0.00000220. The van der Waals surface area contributed by atoms with Gasteiger partial charge in [-0.1, -0.05) is 0 Å². The zero-order valence-electron chi connectivity index (χ0n) is 11.4. The molecule has 0 spiro atoms. The molecule has 8 heteroatoms. The van der Waals surface area contributed by atoms with Crippen molar-refractivity contribution in [3.8, 4) is 0 Å². The van der Waals surface area contributed by atoms with E-state index >= 15 is 0 Å². The molecule has 114 valence electrons. The molecule has 0 unspecified atom stereocenters. The van der Waals surface area contributed by atoms with Crippen LogP contribution >= 0.6 is 24.6 Å². The molecule has 1 saturated heterocycles. The molecule has 0 saturated carbocycles. The van der Waals surface area contributed by atoms with Crippen LogP contribution in [-0.4, -0.2) is 48.6 Å². The van der Waals surface area contributed by atoms with Gasteiger partial charge in [-0.2, -0.15) is 0 Å². The average Bonchev–Trinajstić information content (AvgIpc) is 2.84. The van der Waals surface area contributed by atoms with E-state index in [1.165, 1.54) is 7.11 Å². The Bertz CT molecular complexity index is 536. The number of halogens is 1. The zero-order chi connectivity index (χ0) is 14.5. The quantitative estimate of drug-likeness (QED) is 0.635. The molecule has 1 aromatic rings. The van der Waals surface area contributed by atoms with Crippen LogP contribution < -0.4 is 10.6 Å². The van der Waals surface area contributed by atoms with Gasteiger partial charge in [0.1, 0.15) is 0 Å². The smallest absolute Gasteiger partial charge is 0.337 e. The molecule has 6 nitrogen and oxygen atoms in total. The molecular weight excluding hydrogens is 314 g/mol. The fourth-order valence-electron chi connectivity index (χ4n) is 1.84. The number of anilines is 1. The van der Waals surface area contributed by atoms with Crippen molar-refractivity contribution < 1.29 is 14.3 Å². The maximum atomic E-state index is 11.9. The number of hydrogen-bond acceptors (Lipinski definition) is 4. The summed E-state index contributed by atoms with van der Waals surface area (Å²) in [7, 11) is 1.32. The Labute approximate surface area is 134 Å². The van der Waals surface area contributed by atoms with E-state index in [1.54, 1.807) is 29.2 Å². The van der Waals surface area contributed by atoms with E-state index in [1.807, 2.05) is 0 Å². The molecule has 1 amide bonds. The fraction of sp³-hybridized carbons (Fsp3) is 0.308. The fourth-order valence-corrected chi connectivity index (χ4v) is 2.10. The predicted octanol–water partition coefficient (Wildman–Crippen LogP) is 1.02. The summed E-state index contributed by atoms with van der Waals surface area (Å²) >= 11 is 5.07. The minimum absolute atomic E-state index is 0. The summed E-state index contributed by atoms with van der Waals surface area (Å²) in [5.41, 5.74) is 1.07. The summed E-state index contributed by atoms with van der Waals surface area (Å²) < 4.78 is 4.60. The minimum Gasteiger partial charge on any atom is -0.465 e. The molecule has 1 aromatic carbocycles. The standard InChI is InChI=1S/C13H15N3O3S.ClH/c1-19-12(18)9-2-4-10(5-3-9)15-11(17)8-16-7-6-14-13(16)20;/h2-5H,6-8H2,1H3,(H,14,20)(H,15,17);1H. The number of thiocarbonyl (C=S) groups is 1. The molecule has 0 atom stereocenters. The molecule has 1 fully saturated rings. The van der Waals surface area contributed by atoms with Crippen LogP contribution in [0, 0.1) is 0 Å². The lowest BCUT2D eigenvalue weighted by Gasteiger charge is -2.15. The van der Waals surface area contributed by atoms with E-state index < -0.39 is 5.97 Å². The van der Waals surface area contributed by atoms with Crippen molar-refractivity contribution in [2.75, 3.05) is 32.1 Å². The SMILES string of the molecule is COC(=O)c1ccc(NC(=O)CN2CCNC2=S)cc1.Cl. The van der Waals surface area contributed by atoms with Crippen molar-refractivity contribution >= 4 is 47.3 Å². The third-order valence-corrected chi connectivity index (χ3v) is 3.27. The Morgan fingerprint density at radius 1 is 1.38 bits per heavy atom. The van der Waals surface area contributed by atoms with Crippen LogP contribution in [0.15, 0.2) is 24.3 Å². The number of nitrogens with one attached hydrogen (secondary N) is 2. The van der Waals surface area contributed by atoms with Gasteiger partial charge in [0.2, 0.25) is 5.91 Å². The second-order valence-electron chi connectivity index (χ2n) is 4.27. The van der Waals surface area contributed by atoms with Gasteiger partial charge in [-0.3, -0.25) is 4.79 Å². The van der Waals surface area contributed by atoms with Gasteiger partial charge < -0.3 is 20.3 Å². The van der Waals surface area contributed by atoms with Crippen molar-refractivity contribution in [2.24, 2.45) is 0 Å². The van der Waals surface area contributed by atoms with Crippen molar-refractivity contribution in [3.63, 3.8) is 0 Å². The summed E-state index contributed by atoms with van der Waals surface area (Å²) in [6, 6.07) is 6.52. The number of methoxy groups -OCH3 is 1. The van der Waals surface area contributed by atoms with Gasteiger partial charge in [0.05, 0.1) is 19.2 Å². The molecule has 0 aliphatic carbocycles. The van der Waals surface area contributed by atoms with Gasteiger partial charge in [0, 0.05) is 18.8 Å². The predicted molar refractivity (Wildman–Crippen MR) is 85.8 cm³/mol. The Morgan fingerprint density at radius 3 is 2.57 bits per heavy atom. The summed E-state index contributed by atoms with van der Waals surface area (Å²) in [6.07, 6.45) is 0. The number of ether oxygens (including phenoxy) is 1. The molecule has 2 rings (SSSR count). The van der Waals surface area contributed by atoms with Crippen LogP contribution in [-0.2, 0) is 9.53 Å². The first-order chi connectivity index (χ1) is 9.60. The van der Waals surface area contributed by atoms with Crippen molar-refractivity contribution in [1.29, 1.82) is 0 Å². The Morgan fingerprint density at radius 2 is 2.05 bits per heavy atom. The number of esters is 1. The van der Waals surface area contributed by atoms with Gasteiger partial charge in [0.25, 0.3) is 0 Å². The lowest BCUT2D eigenvalue weighted by molar-refractivity contribution is -0.116. The van der Waals surface area contributed by atoms with Gasteiger partial charge >= 0.3 is 5.97 Å². The first-order valence-corrected chi connectivity index (χ1v) is 6.52. The number of rotatable bonds is 4. The van der Waals surface area contributed by atoms with Gasteiger partial charge in [-0.25, -0.2) is 4.79 Å². The van der Waals surface area contributed by atoms with E-state index in [0.29, 0.717) is 16.4 Å². The lowest BCUT2D eigenvalue weighted by atomic mass is 10.2. The molecule has 21 heavy (non-hydrogen) atoms. The van der Waals surface area contributed by atoms with Crippen LogP contribution in [0.2, 0.25) is 0 Å². The van der Waals surface area contributed by atoms with Gasteiger partial charge in [0.15, 0.2) is 5.11 Å². The first kappa shape index (κ1) is 17.2. The largest absolute Gasteiger partial charge is 0.465 e. The van der Waals surface area contributed by atoms with Crippen LogP contribution in [0.4, 0.5) is 5.69 Å². The van der Waals surface area contributed by atoms with Crippen molar-refractivity contribution in [1.82, 2.24) is 10.2 Å². The van der Waals surface area contributed by atoms with Crippen molar-refractivity contribution in [2.45, 2.75) is 0 Å². The lowest BCUT2D eigenvalue weighted by Crippen LogP contribution is -2.35. The number of amides is 1. The molecule has 0 radical (unpaired) electrons. The number of nitrogens with zero attached hydrogens (tertiary/aromatic N) is 1. The third-order valence-electron chi connectivity index (χ3n) is 2.87. The van der Waals surface area contributed by atoms with Gasteiger partial charge in [-0.05, 0) is 36.5 Å². The minimum atomic E-state index is -0.406. The maximum absolute atomic E-state index is 11.9. The Hall–Kier alpha value is -1.86. The second-order valence-corrected chi connectivity index (χ2v) is 4.66. The summed E-state index contributed by atoms with van der Waals surface area (Å²) in [6.45, 7) is 1.71. The number of carbonyl (C=O) groups excluding carboxylic acids is 2. The van der Waals surface area contributed by atoms with Crippen molar-refractivity contribution in [3.05, 3.63) is 29.8 Å². The van der Waals surface area contributed by atoms with E-state index in [4.69, 9.17) is 12.2 Å². The highest BCUT2D eigenvalue weighted by Gasteiger charge is 2.18. The van der Waals surface area contributed by atoms with Crippen LogP contribution in [0.3, 0.4) is 0 Å². The van der Waals surface area contributed by atoms with Gasteiger partial charge in [-0.15, -0.1) is 12.4 Å². The number of hydrogen-bond donors (Lipinski definition) is 2. The molecular formula is C13H16ClN3O3S. The topological polar surface area (TPSA) is 70.7 Å². The Kier molecular flexibility index (Phi) is 6.39. The summed E-state index contributed by atoms with van der Waals surface area (Å²) in [5.74, 6) is -0.557. The van der Waals surface area contributed by atoms with E-state index in [9.17, 15) is 9.59 Å². The monoisotopic (exact) mass is 329 g/mol. The highest BCUT2D eigenvalue weighted by molar-refractivity contribution is 7.80. The van der Waals surface area contributed by atoms with Crippen LogP contribution in [0.1, 0.15) is 10.4 Å². The number of carbonyl (C=O) groups is 2. The normalized spacial score (nSPS) is 13.2. The van der Waals surface area contributed by atoms with E-state index in [2.05, 4.69) is 15.4 Å². The van der Waals surface area contributed by atoms with E-state index in [-0.39, 0.29) is 24.9 Å². The highest BCUT2D eigenvalue weighted by atomic mass is 35.5. The molecule has 0 aromatic heterocycles. The third kappa shape index (κ3) is 4.57. The zero-order valence-corrected chi connectivity index (χ0v) is 13.1. The van der Waals surface area contributed by atoms with Crippen LogP contribution in [0.25, 0.3) is 0 Å². The first-order valence-electron chi connectivity index (χ1n) is 6.11. The molecule has 1 aliphatic heterocycles. The average molecular weight is 330 g/mol. The summed E-state index contributed by atoms with van der Waals surface area (Å²) in [5, 5.41) is 6.34. The molecule has 1 heterocycles. The molecule has 1 aliphatic rings. The molecule has 2 N–H and O–H groups in total. The molecule has 0 bridgehead atoms. The number of benzene rings is 1. The maximum Gasteiger partial charge on any atom is 0.337 e. The second kappa shape index (κ2) is 7.80. The van der Waals surface area contributed by atoms with Crippen LogP contribution in [0.5, 0.6) is 0 Å². The highest BCUT2D eigenvalue weighted by Crippen LogP contribution is 2.10. The van der Waals surface area contributed by atoms with E-state index in [0.717, 1.165) is 13.1 Å². The summed E-state index contributed by atoms with van der Waals surface area (Å²) in [4.78, 5) is 24.9.